The van der Waals surface area contributed by atoms with Gasteiger partial charge in [0.1, 0.15) is 5.76 Å². The maximum Gasteiger partial charge on any atom is 0.310 e. The van der Waals surface area contributed by atoms with Gasteiger partial charge in [-0.15, -0.1) is 0 Å². The van der Waals surface area contributed by atoms with Crippen LogP contribution in [0.1, 0.15) is 32.3 Å². The zero-order chi connectivity index (χ0) is 11.1. The molecule has 1 aromatic rings. The van der Waals surface area contributed by atoms with Crippen molar-refractivity contribution in [3.05, 3.63) is 47.7 Å². The van der Waals surface area contributed by atoms with Crippen LogP contribution in [0.15, 0.2) is 36.1 Å². The molecule has 0 amide bonds. The highest BCUT2D eigenvalue weighted by Gasteiger charge is 2.01. The van der Waals surface area contributed by atoms with Gasteiger partial charge in [-0.25, -0.2) is 0 Å². The second-order valence-electron chi connectivity index (χ2n) is 3.27. The monoisotopic (exact) mass is 203 g/mol. The van der Waals surface area contributed by atoms with Gasteiger partial charge in [0.05, 0.1) is 0 Å². The highest BCUT2D eigenvalue weighted by Crippen LogP contribution is 2.05. The topological polar surface area (TPSA) is 26.3 Å². The Labute approximate surface area is 90.6 Å². The van der Waals surface area contributed by atoms with E-state index in [1.165, 1.54) is 0 Å². The van der Waals surface area contributed by atoms with Gasteiger partial charge in [-0.1, -0.05) is 37.3 Å². The number of esters is 1. The Bertz CT molecular complexity index is 339. The molecule has 0 unspecified atom stereocenters. The van der Waals surface area contributed by atoms with Gasteiger partial charge in [-0.3, -0.25) is 4.79 Å². The summed E-state index contributed by atoms with van der Waals surface area (Å²) in [6.07, 6.45) is 4.26. The van der Waals surface area contributed by atoms with Crippen LogP contribution in [0.4, 0.5) is 0 Å². The minimum absolute atomic E-state index is 0.196. The molecule has 0 aliphatic rings. The number of rotatable bonds is 4. The van der Waals surface area contributed by atoms with Crippen LogP contribution >= 0.6 is 0 Å². The lowest BCUT2D eigenvalue weighted by Crippen LogP contribution is -2.01. The Hall–Kier alpha value is -1.57. The number of allylic oxidation sites excluding steroid dienone is 1. The zero-order valence-electron chi connectivity index (χ0n) is 9.12. The third kappa shape index (κ3) is 4.45. The minimum atomic E-state index is -0.196. The van der Waals surface area contributed by atoms with Crippen molar-refractivity contribution in [3.63, 3.8) is 0 Å². The predicted octanol–water partition coefficient (Wildman–Crippen LogP) is 3.08. The molecule has 0 heterocycles. The van der Waals surface area contributed by atoms with Gasteiger partial charge in [0.25, 0.3) is 0 Å². The number of ether oxygens (including phenoxy) is 1. The molecule has 0 atom stereocenters. The van der Waals surface area contributed by atoms with Crippen LogP contribution < -0.4 is 0 Å². The number of carbonyl (C=O) groups is 1. The van der Waals surface area contributed by atoms with Gasteiger partial charge < -0.3 is 4.74 Å². The second-order valence-corrected chi connectivity index (χ2v) is 3.27. The Morgan fingerprint density at radius 2 is 2.00 bits per heavy atom. The van der Waals surface area contributed by atoms with E-state index in [1.54, 1.807) is 6.92 Å². The van der Waals surface area contributed by atoms with E-state index in [4.69, 9.17) is 4.74 Å². The predicted molar refractivity (Wildman–Crippen MR) is 59.0 cm³/mol. The summed E-state index contributed by atoms with van der Waals surface area (Å²) in [4.78, 5) is 11.2. The molecule has 0 aliphatic heterocycles. The third-order valence-corrected chi connectivity index (χ3v) is 1.82. The molecule has 15 heavy (non-hydrogen) atoms. The van der Waals surface area contributed by atoms with E-state index < -0.39 is 0 Å². The average molecular weight is 203 g/mol. The van der Waals surface area contributed by atoms with E-state index in [0.717, 1.165) is 12.0 Å². The van der Waals surface area contributed by atoms with Crippen LogP contribution in [0, 0.1) is 6.08 Å². The summed E-state index contributed by atoms with van der Waals surface area (Å²) in [5.41, 5.74) is 0.916. The van der Waals surface area contributed by atoms with Crippen LogP contribution in [-0.4, -0.2) is 5.97 Å². The van der Waals surface area contributed by atoms with Gasteiger partial charge >= 0.3 is 5.97 Å². The van der Waals surface area contributed by atoms with Crippen LogP contribution in [-0.2, 0) is 9.53 Å². The maximum absolute atomic E-state index is 11.2. The molecule has 1 aromatic carbocycles. The summed E-state index contributed by atoms with van der Waals surface area (Å²) in [7, 11) is 0. The number of hydrogen-bond acceptors (Lipinski definition) is 2. The van der Waals surface area contributed by atoms with Crippen molar-refractivity contribution >= 4 is 5.97 Å². The normalized spacial score (nSPS) is 11.2. The maximum atomic E-state index is 11.2. The first kappa shape index (κ1) is 11.5. The minimum Gasteiger partial charge on any atom is -0.431 e. The Morgan fingerprint density at radius 3 is 2.60 bits per heavy atom. The van der Waals surface area contributed by atoms with E-state index in [1.807, 2.05) is 37.3 Å². The van der Waals surface area contributed by atoms with Crippen molar-refractivity contribution in [3.8, 4) is 0 Å². The summed E-state index contributed by atoms with van der Waals surface area (Å²) < 4.78 is 5.06. The smallest absolute Gasteiger partial charge is 0.310 e. The molecular formula is C13H15O2. The van der Waals surface area contributed by atoms with Crippen molar-refractivity contribution in [2.75, 3.05) is 0 Å². The lowest BCUT2D eigenvalue weighted by molar-refractivity contribution is -0.139. The van der Waals surface area contributed by atoms with Gasteiger partial charge in [0, 0.05) is 12.5 Å². The van der Waals surface area contributed by atoms with E-state index in [-0.39, 0.29) is 5.97 Å². The van der Waals surface area contributed by atoms with E-state index in [2.05, 4.69) is 6.08 Å². The van der Waals surface area contributed by atoms with Crippen molar-refractivity contribution in [2.45, 2.75) is 26.7 Å². The van der Waals surface area contributed by atoms with Crippen molar-refractivity contribution in [1.82, 2.24) is 0 Å². The van der Waals surface area contributed by atoms with E-state index >= 15 is 0 Å². The number of carbonyl (C=O) groups excluding carboxylic acids is 1. The van der Waals surface area contributed by atoms with Crippen molar-refractivity contribution in [2.24, 2.45) is 0 Å². The van der Waals surface area contributed by atoms with Crippen LogP contribution in [0.2, 0.25) is 0 Å². The average Bonchev–Trinajstić information content (AvgIpc) is 2.19. The van der Waals surface area contributed by atoms with E-state index in [9.17, 15) is 4.79 Å². The Morgan fingerprint density at radius 1 is 1.33 bits per heavy atom. The molecule has 0 bridgehead atoms. The van der Waals surface area contributed by atoms with Crippen molar-refractivity contribution in [1.29, 1.82) is 0 Å². The summed E-state index contributed by atoms with van der Waals surface area (Å²) in [5, 5.41) is 0. The van der Waals surface area contributed by atoms with Crippen LogP contribution in [0.25, 0.3) is 0 Å². The fourth-order valence-corrected chi connectivity index (χ4v) is 1.18. The van der Waals surface area contributed by atoms with Gasteiger partial charge in [0.15, 0.2) is 0 Å². The quantitative estimate of drug-likeness (QED) is 0.555. The summed E-state index contributed by atoms with van der Waals surface area (Å²) in [5.74, 6) is 0.318. The summed E-state index contributed by atoms with van der Waals surface area (Å²) in [6.45, 7) is 3.68. The fourth-order valence-electron chi connectivity index (χ4n) is 1.18. The lowest BCUT2D eigenvalue weighted by Gasteiger charge is -2.02. The Kier molecular flexibility index (Phi) is 4.61. The van der Waals surface area contributed by atoms with Gasteiger partial charge in [-0.05, 0) is 18.9 Å². The molecule has 0 aromatic heterocycles. The third-order valence-electron chi connectivity index (χ3n) is 1.82. The molecule has 2 heteroatoms. The molecule has 0 spiro atoms. The highest BCUT2D eigenvalue weighted by atomic mass is 16.5. The first-order valence-electron chi connectivity index (χ1n) is 5.08. The molecule has 1 radical (unpaired) electrons. The van der Waals surface area contributed by atoms with Crippen LogP contribution in [0.5, 0.6) is 0 Å². The Balaban J connectivity index is 2.57. The molecule has 1 rings (SSSR count). The number of benzene rings is 1. The molecule has 0 aliphatic carbocycles. The van der Waals surface area contributed by atoms with Gasteiger partial charge in [-0.2, -0.15) is 0 Å². The number of hydrogen-bond donors (Lipinski definition) is 0. The van der Waals surface area contributed by atoms with E-state index in [0.29, 0.717) is 12.2 Å². The highest BCUT2D eigenvalue weighted by molar-refractivity contribution is 5.70. The van der Waals surface area contributed by atoms with Gasteiger partial charge in [0.2, 0.25) is 0 Å². The fraction of sp³-hybridized carbons (Fsp3) is 0.308. The largest absolute Gasteiger partial charge is 0.431 e. The second kappa shape index (κ2) is 6.02. The molecule has 0 saturated carbocycles. The molecule has 79 valence electrons. The molecule has 0 fully saturated rings. The summed E-state index contributed by atoms with van der Waals surface area (Å²) >= 11 is 0. The summed E-state index contributed by atoms with van der Waals surface area (Å²) in [6, 6.07) is 9.60. The first-order valence-corrected chi connectivity index (χ1v) is 5.08. The molecule has 2 nitrogen and oxygen atoms in total. The first-order chi connectivity index (χ1) is 7.22. The molecule has 0 saturated heterocycles. The SMILES string of the molecule is CCCC(=O)OC(C)=[C]c1ccccc1. The molecular weight excluding hydrogens is 188 g/mol. The molecule has 0 N–H and O–H groups in total. The zero-order valence-corrected chi connectivity index (χ0v) is 9.12. The standard InChI is InChI=1S/C13H15O2/c1-3-7-13(14)15-11(2)10-12-8-5-4-6-9-12/h4-6,8-9H,3,7H2,1-2H3. The van der Waals surface area contributed by atoms with Crippen molar-refractivity contribution < 1.29 is 9.53 Å². The van der Waals surface area contributed by atoms with Crippen LogP contribution in [0.3, 0.4) is 0 Å². The lowest BCUT2D eigenvalue weighted by atomic mass is 10.2.